The highest BCUT2D eigenvalue weighted by atomic mass is 32.2. The highest BCUT2D eigenvalue weighted by Gasteiger charge is 2.01. The summed E-state index contributed by atoms with van der Waals surface area (Å²) in [6.07, 6.45) is 23.1. The van der Waals surface area contributed by atoms with E-state index in [1.54, 1.807) is 0 Å². The van der Waals surface area contributed by atoms with Crippen molar-refractivity contribution in [2.75, 3.05) is 5.75 Å². The normalized spacial score (nSPS) is 11.3. The molecule has 0 nitrogen and oxygen atoms in total. The average Bonchev–Trinajstić information content (AvgIpc) is 2.76. The monoisotopic (exact) mass is 412 g/mol. The molecule has 0 spiro atoms. The van der Waals surface area contributed by atoms with Gasteiger partial charge < -0.3 is 0 Å². The molecule has 0 bridgehead atoms. The summed E-state index contributed by atoms with van der Waals surface area (Å²) in [5.41, 5.74) is 0. The lowest BCUT2D eigenvalue weighted by molar-refractivity contribution is 0.532. The molecular weight excluding hydrogens is 368 g/mol. The van der Waals surface area contributed by atoms with E-state index in [2.05, 4.69) is 49.4 Å². The molecule has 0 fully saturated rings. The molecule has 2 rings (SSSR count). The molecule has 162 valence electrons. The molecule has 0 radical (unpaired) electrons. The summed E-state index contributed by atoms with van der Waals surface area (Å²) in [5.74, 6) is 1.26. The van der Waals surface area contributed by atoms with Crippen molar-refractivity contribution in [3.8, 4) is 0 Å². The molecule has 0 unspecified atom stereocenters. The van der Waals surface area contributed by atoms with Crippen molar-refractivity contribution >= 4 is 22.5 Å². The van der Waals surface area contributed by atoms with Gasteiger partial charge in [-0.3, -0.25) is 0 Å². The third-order valence-electron chi connectivity index (χ3n) is 6.01. The molecule has 0 amide bonds. The van der Waals surface area contributed by atoms with Crippen molar-refractivity contribution in [2.45, 2.75) is 115 Å². The smallest absolute Gasteiger partial charge is 0.0150 e. The zero-order valence-corrected chi connectivity index (χ0v) is 19.8. The van der Waals surface area contributed by atoms with E-state index in [4.69, 9.17) is 0 Å². The first-order valence-corrected chi connectivity index (χ1v) is 13.5. The van der Waals surface area contributed by atoms with Crippen LogP contribution >= 0.6 is 11.8 Å². The van der Waals surface area contributed by atoms with Gasteiger partial charge in [-0.15, -0.1) is 11.8 Å². The van der Waals surface area contributed by atoms with E-state index in [0.29, 0.717) is 0 Å². The molecule has 0 aromatic heterocycles. The van der Waals surface area contributed by atoms with Crippen molar-refractivity contribution in [1.29, 1.82) is 0 Å². The summed E-state index contributed by atoms with van der Waals surface area (Å²) in [6, 6.07) is 15.4. The lowest BCUT2D eigenvalue weighted by Gasteiger charge is -2.06. The number of fused-ring (bicyclic) bond motifs is 1. The Morgan fingerprint density at radius 1 is 0.517 bits per heavy atom. The highest BCUT2D eigenvalue weighted by Crippen LogP contribution is 2.28. The Bertz CT molecular complexity index is 628. The minimum atomic E-state index is 1.26. The van der Waals surface area contributed by atoms with Gasteiger partial charge in [0, 0.05) is 4.90 Å². The van der Waals surface area contributed by atoms with Crippen LogP contribution in [0.5, 0.6) is 0 Å². The van der Waals surface area contributed by atoms with Gasteiger partial charge in [0.25, 0.3) is 0 Å². The number of benzene rings is 2. The maximum atomic E-state index is 2.30. The van der Waals surface area contributed by atoms with E-state index >= 15 is 0 Å². The van der Waals surface area contributed by atoms with Gasteiger partial charge >= 0.3 is 0 Å². The van der Waals surface area contributed by atoms with Crippen LogP contribution in [-0.4, -0.2) is 5.75 Å². The fourth-order valence-electron chi connectivity index (χ4n) is 4.15. The van der Waals surface area contributed by atoms with Crippen LogP contribution in [0, 0.1) is 0 Å². The highest BCUT2D eigenvalue weighted by molar-refractivity contribution is 7.99. The van der Waals surface area contributed by atoms with E-state index < -0.39 is 0 Å². The Morgan fingerprint density at radius 3 is 1.59 bits per heavy atom. The standard InChI is InChI=1S/C28H44S/c1-2-3-4-5-6-7-8-9-10-11-12-13-14-15-16-19-25-29-28-24-20-22-26-21-17-18-23-27(26)28/h17-18,20-24H,2-16,19,25H2,1H3. The quantitative estimate of drug-likeness (QED) is 0.173. The molecule has 1 heteroatoms. The third-order valence-corrected chi connectivity index (χ3v) is 7.16. The van der Waals surface area contributed by atoms with Gasteiger partial charge in [-0.05, 0) is 29.0 Å². The summed E-state index contributed by atoms with van der Waals surface area (Å²) in [7, 11) is 0. The molecule has 2 aromatic carbocycles. The number of hydrogen-bond acceptors (Lipinski definition) is 1. The summed E-state index contributed by atoms with van der Waals surface area (Å²) in [6.45, 7) is 2.30. The van der Waals surface area contributed by atoms with Crippen molar-refractivity contribution in [2.24, 2.45) is 0 Å². The molecule has 0 aliphatic rings. The first kappa shape index (κ1) is 24.3. The van der Waals surface area contributed by atoms with Crippen LogP contribution in [0.2, 0.25) is 0 Å². The molecule has 2 aromatic rings. The van der Waals surface area contributed by atoms with E-state index in [1.807, 2.05) is 11.8 Å². The summed E-state index contributed by atoms with van der Waals surface area (Å²) < 4.78 is 0. The molecule has 0 aliphatic heterocycles. The lowest BCUT2D eigenvalue weighted by atomic mass is 10.0. The van der Waals surface area contributed by atoms with Gasteiger partial charge in [0.15, 0.2) is 0 Å². The molecule has 0 saturated carbocycles. The topological polar surface area (TPSA) is 0 Å². The van der Waals surface area contributed by atoms with Crippen LogP contribution in [-0.2, 0) is 0 Å². The van der Waals surface area contributed by atoms with Crippen LogP contribution in [0.4, 0.5) is 0 Å². The second kappa shape index (κ2) is 16.8. The SMILES string of the molecule is CCCCCCCCCCCCCCCCCCSc1cccc2ccccc12. The molecular formula is C28H44S. The van der Waals surface area contributed by atoms with Gasteiger partial charge in [0.2, 0.25) is 0 Å². The number of hydrogen-bond donors (Lipinski definition) is 0. The van der Waals surface area contributed by atoms with Crippen LogP contribution in [0.25, 0.3) is 10.8 Å². The summed E-state index contributed by atoms with van der Waals surface area (Å²) in [4.78, 5) is 1.45. The lowest BCUT2D eigenvalue weighted by Crippen LogP contribution is -1.85. The van der Waals surface area contributed by atoms with E-state index in [0.717, 1.165) is 0 Å². The summed E-state index contributed by atoms with van der Waals surface area (Å²) in [5, 5.41) is 2.78. The van der Waals surface area contributed by atoms with Gasteiger partial charge in [-0.1, -0.05) is 140 Å². The fourth-order valence-corrected chi connectivity index (χ4v) is 5.24. The Labute approximate surface area is 185 Å². The van der Waals surface area contributed by atoms with Gasteiger partial charge in [-0.25, -0.2) is 0 Å². The van der Waals surface area contributed by atoms with Gasteiger partial charge in [0.1, 0.15) is 0 Å². The van der Waals surface area contributed by atoms with Crippen LogP contribution in [0.3, 0.4) is 0 Å². The minimum absolute atomic E-state index is 1.26. The first-order chi connectivity index (χ1) is 14.4. The van der Waals surface area contributed by atoms with Gasteiger partial charge in [0.05, 0.1) is 0 Å². The number of thioether (sulfide) groups is 1. The van der Waals surface area contributed by atoms with E-state index in [9.17, 15) is 0 Å². The van der Waals surface area contributed by atoms with Crippen LogP contribution in [0.1, 0.15) is 110 Å². The molecule has 29 heavy (non-hydrogen) atoms. The maximum absolute atomic E-state index is 2.30. The van der Waals surface area contributed by atoms with E-state index in [-0.39, 0.29) is 0 Å². The first-order valence-electron chi connectivity index (χ1n) is 12.5. The van der Waals surface area contributed by atoms with Crippen molar-refractivity contribution in [1.82, 2.24) is 0 Å². The van der Waals surface area contributed by atoms with Gasteiger partial charge in [-0.2, -0.15) is 0 Å². The maximum Gasteiger partial charge on any atom is 0.0150 e. The molecule has 0 N–H and O–H groups in total. The van der Waals surface area contributed by atoms with Crippen LogP contribution in [0.15, 0.2) is 47.4 Å². The van der Waals surface area contributed by atoms with Crippen molar-refractivity contribution in [3.05, 3.63) is 42.5 Å². The second-order valence-electron chi connectivity index (χ2n) is 8.63. The summed E-state index contributed by atoms with van der Waals surface area (Å²) >= 11 is 2.04. The molecule has 0 aliphatic carbocycles. The third kappa shape index (κ3) is 11.1. The second-order valence-corrected chi connectivity index (χ2v) is 9.77. The Balaban J connectivity index is 1.35. The zero-order valence-electron chi connectivity index (χ0n) is 19.0. The number of unbranched alkanes of at least 4 members (excludes halogenated alkanes) is 15. The predicted octanol–water partition coefficient (Wildman–Crippen LogP) is 10.2. The largest absolute Gasteiger partial charge is 0.126 e. The average molecular weight is 413 g/mol. The van der Waals surface area contributed by atoms with E-state index in [1.165, 1.54) is 124 Å². The fraction of sp³-hybridized carbons (Fsp3) is 0.643. The Morgan fingerprint density at radius 2 is 1.00 bits per heavy atom. The predicted molar refractivity (Wildman–Crippen MR) is 134 cm³/mol. The Kier molecular flexibility index (Phi) is 14.1. The molecule has 0 saturated heterocycles. The van der Waals surface area contributed by atoms with Crippen LogP contribution < -0.4 is 0 Å². The Hall–Kier alpha value is -0.950. The number of rotatable bonds is 18. The molecule has 0 heterocycles. The zero-order chi connectivity index (χ0) is 20.4. The molecule has 0 atom stereocenters. The minimum Gasteiger partial charge on any atom is -0.126 e. The van der Waals surface area contributed by atoms with Crippen molar-refractivity contribution in [3.63, 3.8) is 0 Å². The van der Waals surface area contributed by atoms with Crippen molar-refractivity contribution < 1.29 is 0 Å².